The first-order chi connectivity index (χ1) is 13.8. The van der Waals surface area contributed by atoms with Crippen LogP contribution in [0.4, 0.5) is 0 Å². The molecule has 1 aliphatic rings. The maximum absolute atomic E-state index is 12.5. The van der Waals surface area contributed by atoms with Gasteiger partial charge in [0.1, 0.15) is 0 Å². The number of nitrogens with zero attached hydrogens (tertiary/aromatic N) is 1. The Morgan fingerprint density at radius 2 is 1.90 bits per heavy atom. The van der Waals surface area contributed by atoms with Crippen LogP contribution in [0, 0.1) is 13.8 Å². The van der Waals surface area contributed by atoms with E-state index in [1.54, 1.807) is 23.5 Å². The molecule has 1 aromatic heterocycles. The molecule has 3 rings (SSSR count). The molecule has 2 N–H and O–H groups in total. The molecule has 0 unspecified atom stereocenters. The first-order valence-corrected chi connectivity index (χ1v) is 12.5. The third-order valence-electron chi connectivity index (χ3n) is 5.18. The van der Waals surface area contributed by atoms with Crippen molar-refractivity contribution in [2.75, 3.05) is 13.1 Å². The van der Waals surface area contributed by atoms with Crippen LogP contribution in [-0.2, 0) is 34.1 Å². The maximum Gasteiger partial charge on any atom is 0.240 e. The largest absolute Gasteiger partial charge is 0.356 e. The average molecular weight is 436 g/mol. The lowest BCUT2D eigenvalue weighted by Crippen LogP contribution is -2.28. The summed E-state index contributed by atoms with van der Waals surface area (Å²) < 4.78 is 27.6. The second kappa shape index (κ2) is 9.82. The molecule has 0 saturated heterocycles. The number of hydrogen-bond donors (Lipinski definition) is 2. The number of aryl methyl sites for hydroxylation is 4. The zero-order valence-corrected chi connectivity index (χ0v) is 18.7. The third-order valence-corrected chi connectivity index (χ3v) is 7.77. The molecule has 1 aromatic carbocycles. The monoisotopic (exact) mass is 435 g/mol. The van der Waals surface area contributed by atoms with E-state index in [1.165, 1.54) is 16.9 Å². The molecule has 6 nitrogen and oxygen atoms in total. The molecule has 158 valence electrons. The predicted molar refractivity (Wildman–Crippen MR) is 116 cm³/mol. The maximum atomic E-state index is 12.5. The lowest BCUT2D eigenvalue weighted by atomic mass is 9.92. The predicted octanol–water partition coefficient (Wildman–Crippen LogP) is 3.06. The highest BCUT2D eigenvalue weighted by molar-refractivity contribution is 7.89. The van der Waals surface area contributed by atoms with Crippen molar-refractivity contribution in [2.24, 2.45) is 0 Å². The molecule has 1 aliphatic carbocycles. The minimum Gasteiger partial charge on any atom is -0.356 e. The van der Waals surface area contributed by atoms with Crippen LogP contribution in [0.15, 0.2) is 23.1 Å². The van der Waals surface area contributed by atoms with Gasteiger partial charge < -0.3 is 5.32 Å². The highest BCUT2D eigenvalue weighted by atomic mass is 32.2. The summed E-state index contributed by atoms with van der Waals surface area (Å²) in [6.45, 7) is 4.78. The Morgan fingerprint density at radius 3 is 2.62 bits per heavy atom. The second-order valence-electron chi connectivity index (χ2n) is 7.48. The van der Waals surface area contributed by atoms with Crippen molar-refractivity contribution in [3.63, 3.8) is 0 Å². The zero-order chi connectivity index (χ0) is 20.9. The fraction of sp³-hybridized carbons (Fsp3) is 0.524. The van der Waals surface area contributed by atoms with Gasteiger partial charge >= 0.3 is 0 Å². The molecular weight excluding hydrogens is 406 g/mol. The number of rotatable bonds is 9. The number of benzene rings is 1. The number of carbonyl (C=O) groups is 1. The Kier molecular flexibility index (Phi) is 7.43. The van der Waals surface area contributed by atoms with Crippen molar-refractivity contribution in [2.45, 2.75) is 63.7 Å². The first-order valence-electron chi connectivity index (χ1n) is 10.2. The van der Waals surface area contributed by atoms with E-state index in [-0.39, 0.29) is 12.5 Å². The molecule has 0 fully saturated rings. The summed E-state index contributed by atoms with van der Waals surface area (Å²) in [5.74, 6) is -0.0585. The topological polar surface area (TPSA) is 88.2 Å². The average Bonchev–Trinajstić information content (AvgIpc) is 3.02. The van der Waals surface area contributed by atoms with Crippen LogP contribution in [0.5, 0.6) is 0 Å². The Labute approximate surface area is 177 Å². The van der Waals surface area contributed by atoms with Gasteiger partial charge in [-0.05, 0) is 69.2 Å². The van der Waals surface area contributed by atoms with Crippen LogP contribution >= 0.6 is 11.3 Å². The van der Waals surface area contributed by atoms with Crippen molar-refractivity contribution in [1.29, 1.82) is 0 Å². The molecule has 0 aliphatic heterocycles. The number of sulfonamides is 1. The Hall–Kier alpha value is -1.77. The Bertz CT molecular complexity index is 968. The van der Waals surface area contributed by atoms with Crippen LogP contribution in [-0.4, -0.2) is 32.4 Å². The molecule has 8 heteroatoms. The van der Waals surface area contributed by atoms with Gasteiger partial charge in [-0.2, -0.15) is 0 Å². The van der Waals surface area contributed by atoms with E-state index in [1.807, 2.05) is 19.9 Å². The number of nitrogens with one attached hydrogen (secondary N) is 2. The molecule has 0 spiro atoms. The molecule has 0 saturated carbocycles. The van der Waals surface area contributed by atoms with Gasteiger partial charge in [0.15, 0.2) is 0 Å². The van der Waals surface area contributed by atoms with Crippen molar-refractivity contribution < 1.29 is 13.2 Å². The summed E-state index contributed by atoms with van der Waals surface area (Å²) in [7, 11) is -3.53. The number of carbonyl (C=O) groups excluding carboxylic acids is 1. The summed E-state index contributed by atoms with van der Waals surface area (Å²) in [5.41, 5.74) is 3.43. The zero-order valence-electron chi connectivity index (χ0n) is 17.1. The van der Waals surface area contributed by atoms with Gasteiger partial charge in [0.05, 0.1) is 15.6 Å². The van der Waals surface area contributed by atoms with E-state index in [2.05, 4.69) is 15.0 Å². The smallest absolute Gasteiger partial charge is 0.240 e. The van der Waals surface area contributed by atoms with E-state index in [9.17, 15) is 13.2 Å². The first kappa shape index (κ1) is 21.9. The van der Waals surface area contributed by atoms with Crippen LogP contribution in [0.2, 0.25) is 0 Å². The van der Waals surface area contributed by atoms with Crippen LogP contribution < -0.4 is 10.0 Å². The fourth-order valence-electron chi connectivity index (χ4n) is 3.63. The molecule has 29 heavy (non-hydrogen) atoms. The quantitative estimate of drug-likeness (QED) is 0.593. The highest BCUT2D eigenvalue weighted by Gasteiger charge is 2.17. The Morgan fingerprint density at radius 1 is 1.14 bits per heavy atom. The number of hydrogen-bond acceptors (Lipinski definition) is 5. The minimum absolute atomic E-state index is 0.0585. The van der Waals surface area contributed by atoms with Gasteiger partial charge in [-0.1, -0.05) is 6.07 Å². The van der Waals surface area contributed by atoms with E-state index in [0.29, 0.717) is 24.3 Å². The van der Waals surface area contributed by atoms with Gasteiger partial charge in [-0.25, -0.2) is 18.1 Å². The highest BCUT2D eigenvalue weighted by Crippen LogP contribution is 2.24. The minimum atomic E-state index is -3.53. The molecule has 2 aromatic rings. The summed E-state index contributed by atoms with van der Waals surface area (Å²) >= 11 is 1.66. The second-order valence-corrected chi connectivity index (χ2v) is 10.5. The van der Waals surface area contributed by atoms with Crippen molar-refractivity contribution in [3.05, 3.63) is 44.9 Å². The van der Waals surface area contributed by atoms with Crippen molar-refractivity contribution in [1.82, 2.24) is 15.0 Å². The molecule has 1 amide bonds. The van der Waals surface area contributed by atoms with E-state index in [4.69, 9.17) is 0 Å². The number of fused-ring (bicyclic) bond motifs is 1. The SMILES string of the molecule is Cc1nc(C)c(CCNC(=O)CCCNS(=O)(=O)c2ccc3c(c2)CCCC3)s1. The standard InChI is InChI=1S/C21H29N3O3S2/c1-15-20(28-16(2)24-15)11-13-22-21(25)8-5-12-23-29(26,27)19-10-9-17-6-3-4-7-18(17)14-19/h9-10,14,23H,3-8,11-13H2,1-2H3,(H,22,25). The van der Waals surface area contributed by atoms with Crippen molar-refractivity contribution >= 4 is 27.3 Å². The molecular formula is C21H29N3O3S2. The molecule has 0 atom stereocenters. The van der Waals surface area contributed by atoms with Gasteiger partial charge in [-0.15, -0.1) is 11.3 Å². The summed E-state index contributed by atoms with van der Waals surface area (Å²) in [6, 6.07) is 5.41. The lowest BCUT2D eigenvalue weighted by molar-refractivity contribution is -0.121. The van der Waals surface area contributed by atoms with Crippen molar-refractivity contribution in [3.8, 4) is 0 Å². The number of amides is 1. The van der Waals surface area contributed by atoms with Gasteiger partial charge in [0.25, 0.3) is 0 Å². The number of aromatic nitrogens is 1. The summed E-state index contributed by atoms with van der Waals surface area (Å²) in [6.07, 6.45) is 5.79. The third kappa shape index (κ3) is 6.10. The molecule has 1 heterocycles. The Balaban J connectivity index is 1.39. The van der Waals surface area contributed by atoms with Crippen LogP contribution in [0.1, 0.15) is 52.4 Å². The van der Waals surface area contributed by atoms with E-state index in [0.717, 1.165) is 41.9 Å². The molecule has 0 radical (unpaired) electrons. The fourth-order valence-corrected chi connectivity index (χ4v) is 5.69. The van der Waals surface area contributed by atoms with Gasteiger partial charge in [0, 0.05) is 30.8 Å². The van der Waals surface area contributed by atoms with Crippen LogP contribution in [0.25, 0.3) is 0 Å². The van der Waals surface area contributed by atoms with Gasteiger partial charge in [0.2, 0.25) is 15.9 Å². The summed E-state index contributed by atoms with van der Waals surface area (Å²) in [4.78, 5) is 17.9. The normalized spacial score (nSPS) is 13.9. The van der Waals surface area contributed by atoms with E-state index < -0.39 is 10.0 Å². The van der Waals surface area contributed by atoms with E-state index >= 15 is 0 Å². The lowest BCUT2D eigenvalue weighted by Gasteiger charge is -2.16. The number of thiazole rings is 1. The van der Waals surface area contributed by atoms with Crippen LogP contribution in [0.3, 0.4) is 0 Å². The summed E-state index contributed by atoms with van der Waals surface area (Å²) in [5, 5.41) is 3.93. The van der Waals surface area contributed by atoms with Gasteiger partial charge in [-0.3, -0.25) is 4.79 Å². The molecule has 0 bridgehead atoms.